The van der Waals surface area contributed by atoms with E-state index in [-0.39, 0.29) is 12.5 Å². The van der Waals surface area contributed by atoms with Crippen LogP contribution in [0.15, 0.2) is 42.6 Å². The molecule has 22 heavy (non-hydrogen) atoms. The molecule has 0 saturated heterocycles. The van der Waals surface area contributed by atoms with E-state index in [4.69, 9.17) is 23.4 Å². The summed E-state index contributed by atoms with van der Waals surface area (Å²) >= 11 is 5.08. The van der Waals surface area contributed by atoms with Gasteiger partial charge < -0.3 is 15.0 Å². The van der Waals surface area contributed by atoms with Crippen LogP contribution in [0.2, 0.25) is 0 Å². The molecular weight excluding hydrogens is 296 g/mol. The van der Waals surface area contributed by atoms with Gasteiger partial charge in [0.25, 0.3) is 5.91 Å². The first kappa shape index (κ1) is 15.8. The van der Waals surface area contributed by atoms with Crippen molar-refractivity contribution in [3.63, 3.8) is 0 Å². The van der Waals surface area contributed by atoms with Gasteiger partial charge in [-0.05, 0) is 36.2 Å². The van der Waals surface area contributed by atoms with Crippen molar-refractivity contribution in [3.05, 3.63) is 58.4 Å². The molecule has 0 radical (unpaired) electrons. The van der Waals surface area contributed by atoms with Crippen LogP contribution >= 0.6 is 12.2 Å². The first-order chi connectivity index (χ1) is 10.7. The number of benzene rings is 1. The Hall–Kier alpha value is -2.58. The molecule has 0 aliphatic carbocycles. The molecule has 0 unspecified atom stereocenters. The van der Waals surface area contributed by atoms with Gasteiger partial charge in [0.15, 0.2) is 0 Å². The van der Waals surface area contributed by atoms with Gasteiger partial charge in [0.2, 0.25) is 0 Å². The molecule has 0 atom stereocenters. The summed E-state index contributed by atoms with van der Waals surface area (Å²) in [5, 5.41) is 2.85. The molecule has 5 heteroatoms. The predicted molar refractivity (Wildman–Crippen MR) is 88.4 cm³/mol. The number of aromatic nitrogens is 1. The second-order valence-electron chi connectivity index (χ2n) is 4.56. The van der Waals surface area contributed by atoms with Crippen molar-refractivity contribution in [2.24, 2.45) is 0 Å². The maximum atomic E-state index is 12.0. The summed E-state index contributed by atoms with van der Waals surface area (Å²) in [5.41, 5.74) is 1.59. The lowest BCUT2D eigenvalue weighted by Gasteiger charge is -2.07. The molecule has 0 bridgehead atoms. The first-order valence-electron chi connectivity index (χ1n) is 6.82. The standard InChI is InChI=1S/C17H16N2O2S/c1-2-12-21-14-7-5-13(6-8-14)9-11-18-16(20)15-4-3-10-19-17(15)22/h1,3-8,10H,9,11-12H2,(H,18,20)(H,19,22). The predicted octanol–water partition coefficient (Wildman–Crippen LogP) is 2.73. The molecule has 4 nitrogen and oxygen atoms in total. The average molecular weight is 312 g/mol. The van der Waals surface area contributed by atoms with Crippen LogP contribution in [0.5, 0.6) is 5.75 Å². The van der Waals surface area contributed by atoms with Gasteiger partial charge in [-0.25, -0.2) is 0 Å². The minimum absolute atomic E-state index is 0.171. The van der Waals surface area contributed by atoms with Gasteiger partial charge in [0.1, 0.15) is 17.0 Å². The fourth-order valence-electron chi connectivity index (χ4n) is 1.89. The molecule has 0 aliphatic heterocycles. The Kier molecular flexibility index (Phi) is 5.75. The van der Waals surface area contributed by atoms with E-state index in [1.807, 2.05) is 24.3 Å². The lowest BCUT2D eigenvalue weighted by Crippen LogP contribution is -2.26. The van der Waals surface area contributed by atoms with Crippen molar-refractivity contribution in [2.45, 2.75) is 6.42 Å². The third-order valence-corrected chi connectivity index (χ3v) is 3.35. The Morgan fingerprint density at radius 3 is 2.77 bits per heavy atom. The molecule has 2 aromatic rings. The Morgan fingerprint density at radius 1 is 1.32 bits per heavy atom. The van der Waals surface area contributed by atoms with Crippen LogP contribution in [0.1, 0.15) is 15.9 Å². The van der Waals surface area contributed by atoms with Gasteiger partial charge in [-0.15, -0.1) is 6.42 Å². The zero-order chi connectivity index (χ0) is 15.8. The molecule has 0 saturated carbocycles. The van der Waals surface area contributed by atoms with Crippen LogP contribution in [0.3, 0.4) is 0 Å². The Morgan fingerprint density at radius 2 is 2.09 bits per heavy atom. The second-order valence-corrected chi connectivity index (χ2v) is 4.96. The monoisotopic (exact) mass is 312 g/mol. The first-order valence-corrected chi connectivity index (χ1v) is 7.22. The number of terminal acetylenes is 1. The van der Waals surface area contributed by atoms with E-state index in [9.17, 15) is 4.79 Å². The Balaban J connectivity index is 1.84. The molecule has 1 aromatic carbocycles. The van der Waals surface area contributed by atoms with E-state index in [0.717, 1.165) is 17.7 Å². The molecule has 1 aromatic heterocycles. The van der Waals surface area contributed by atoms with Crippen LogP contribution in [0, 0.1) is 17.0 Å². The highest BCUT2D eigenvalue weighted by molar-refractivity contribution is 7.71. The highest BCUT2D eigenvalue weighted by atomic mass is 32.1. The van der Waals surface area contributed by atoms with E-state index >= 15 is 0 Å². The van der Waals surface area contributed by atoms with Crippen LogP contribution in [0.4, 0.5) is 0 Å². The van der Waals surface area contributed by atoms with Crippen LogP contribution in [0.25, 0.3) is 0 Å². The summed E-state index contributed by atoms with van der Waals surface area (Å²) in [4.78, 5) is 14.8. The lowest BCUT2D eigenvalue weighted by molar-refractivity contribution is 0.0953. The van der Waals surface area contributed by atoms with Gasteiger partial charge in [-0.3, -0.25) is 4.79 Å². The maximum absolute atomic E-state index is 12.0. The number of carbonyl (C=O) groups excluding carboxylic acids is 1. The van der Waals surface area contributed by atoms with E-state index in [1.165, 1.54) is 0 Å². The molecule has 0 fully saturated rings. The summed E-state index contributed by atoms with van der Waals surface area (Å²) in [7, 11) is 0. The fourth-order valence-corrected chi connectivity index (χ4v) is 2.12. The van der Waals surface area contributed by atoms with E-state index in [1.54, 1.807) is 18.3 Å². The largest absolute Gasteiger partial charge is 0.481 e. The van der Waals surface area contributed by atoms with Gasteiger partial charge in [0, 0.05) is 12.7 Å². The van der Waals surface area contributed by atoms with Gasteiger partial charge in [-0.1, -0.05) is 30.3 Å². The van der Waals surface area contributed by atoms with Crippen molar-refractivity contribution in [1.82, 2.24) is 10.3 Å². The molecule has 2 N–H and O–H groups in total. The van der Waals surface area contributed by atoms with Gasteiger partial charge in [-0.2, -0.15) is 0 Å². The summed E-state index contributed by atoms with van der Waals surface area (Å²) in [6.45, 7) is 0.792. The van der Waals surface area contributed by atoms with Crippen molar-refractivity contribution in [3.8, 4) is 18.1 Å². The van der Waals surface area contributed by atoms with Crippen molar-refractivity contribution < 1.29 is 9.53 Å². The molecule has 0 spiro atoms. The number of hydrogen-bond donors (Lipinski definition) is 2. The third-order valence-electron chi connectivity index (χ3n) is 3.01. The van der Waals surface area contributed by atoms with Crippen molar-refractivity contribution in [1.29, 1.82) is 0 Å². The topological polar surface area (TPSA) is 54.1 Å². The molecule has 1 heterocycles. The molecule has 2 rings (SSSR count). The zero-order valence-corrected chi connectivity index (χ0v) is 12.8. The lowest BCUT2D eigenvalue weighted by atomic mass is 10.1. The molecule has 0 aliphatic rings. The number of carbonyl (C=O) groups is 1. The number of H-pyrrole nitrogens is 1. The van der Waals surface area contributed by atoms with Crippen LogP contribution in [-0.2, 0) is 6.42 Å². The number of rotatable bonds is 6. The number of hydrogen-bond acceptors (Lipinski definition) is 3. The Bertz CT molecular complexity index is 729. The van der Waals surface area contributed by atoms with Crippen molar-refractivity contribution in [2.75, 3.05) is 13.2 Å². The van der Waals surface area contributed by atoms with Crippen LogP contribution < -0.4 is 10.1 Å². The Labute approximate surface area is 134 Å². The molecule has 1 amide bonds. The summed E-state index contributed by atoms with van der Waals surface area (Å²) in [6, 6.07) is 11.1. The SMILES string of the molecule is C#CCOc1ccc(CCNC(=O)c2ccc[nH]c2=S)cc1. The minimum atomic E-state index is -0.171. The fraction of sp³-hybridized carbons (Fsp3) is 0.176. The van der Waals surface area contributed by atoms with Crippen molar-refractivity contribution >= 4 is 18.1 Å². The summed E-state index contributed by atoms with van der Waals surface area (Å²) in [5.74, 6) is 2.98. The highest BCUT2D eigenvalue weighted by Gasteiger charge is 2.06. The number of pyridine rings is 1. The highest BCUT2D eigenvalue weighted by Crippen LogP contribution is 2.12. The quantitative estimate of drug-likeness (QED) is 0.637. The van der Waals surface area contributed by atoms with E-state index < -0.39 is 0 Å². The third kappa shape index (κ3) is 4.47. The summed E-state index contributed by atoms with van der Waals surface area (Å²) < 4.78 is 5.74. The number of ether oxygens (including phenoxy) is 1. The molecule has 112 valence electrons. The average Bonchev–Trinajstić information content (AvgIpc) is 2.54. The molecular formula is C17H16N2O2S. The minimum Gasteiger partial charge on any atom is -0.481 e. The van der Waals surface area contributed by atoms with Crippen LogP contribution in [-0.4, -0.2) is 24.0 Å². The van der Waals surface area contributed by atoms with E-state index in [2.05, 4.69) is 16.2 Å². The van der Waals surface area contributed by atoms with Gasteiger partial charge in [0.05, 0.1) is 5.56 Å². The number of aromatic amines is 1. The summed E-state index contributed by atoms with van der Waals surface area (Å²) in [6.07, 6.45) is 7.56. The number of amides is 1. The second kappa shape index (κ2) is 8.01. The van der Waals surface area contributed by atoms with E-state index in [0.29, 0.717) is 16.7 Å². The smallest absolute Gasteiger partial charge is 0.254 e. The van der Waals surface area contributed by atoms with Gasteiger partial charge >= 0.3 is 0 Å². The maximum Gasteiger partial charge on any atom is 0.254 e. The normalized spacial score (nSPS) is 9.77. The number of nitrogens with one attached hydrogen (secondary N) is 2. The zero-order valence-electron chi connectivity index (χ0n) is 12.0.